The fourth-order valence-corrected chi connectivity index (χ4v) is 1.22. The van der Waals surface area contributed by atoms with Gasteiger partial charge in [0.2, 0.25) is 0 Å². The maximum atomic E-state index is 8.91. The first kappa shape index (κ1) is 11.3. The van der Waals surface area contributed by atoms with E-state index in [0.29, 0.717) is 17.9 Å². The molecular formula is C9H15N5O. The van der Waals surface area contributed by atoms with Gasteiger partial charge in [-0.1, -0.05) is 0 Å². The number of nitrogens with two attached hydrogens (primary N) is 1. The van der Waals surface area contributed by atoms with Gasteiger partial charge in [-0.3, -0.25) is 0 Å². The number of nitrogens with zero attached hydrogens (tertiary/aromatic N) is 3. The molecule has 15 heavy (non-hydrogen) atoms. The highest BCUT2D eigenvalue weighted by Gasteiger charge is 2.15. The molecule has 6 heteroatoms. The Hall–Kier alpha value is -1.74. The zero-order valence-corrected chi connectivity index (χ0v) is 8.86. The molecule has 0 amide bonds. The number of nitriles is 1. The summed E-state index contributed by atoms with van der Waals surface area (Å²) >= 11 is 0. The third-order valence-corrected chi connectivity index (χ3v) is 1.84. The second-order valence-electron chi connectivity index (χ2n) is 3.47. The Morgan fingerprint density at radius 3 is 2.80 bits per heavy atom. The maximum absolute atomic E-state index is 8.91. The normalized spacial score (nSPS) is 10.3. The maximum Gasteiger partial charge on any atom is 0.168 e. The number of rotatable bonds is 4. The SMILES string of the molecule is CC(C)Nc1nn(CCO)c(N)c1C#N. The van der Waals surface area contributed by atoms with Gasteiger partial charge in [-0.15, -0.1) is 0 Å². The molecule has 4 N–H and O–H groups in total. The Morgan fingerprint density at radius 2 is 2.33 bits per heavy atom. The van der Waals surface area contributed by atoms with Crippen LogP contribution in [0.15, 0.2) is 0 Å². The van der Waals surface area contributed by atoms with E-state index < -0.39 is 0 Å². The molecule has 1 aromatic heterocycles. The lowest BCUT2D eigenvalue weighted by Gasteiger charge is -2.05. The van der Waals surface area contributed by atoms with Crippen molar-refractivity contribution in [3.05, 3.63) is 5.56 Å². The highest BCUT2D eigenvalue weighted by atomic mass is 16.3. The number of anilines is 2. The van der Waals surface area contributed by atoms with E-state index in [4.69, 9.17) is 16.1 Å². The molecule has 1 rings (SSSR count). The van der Waals surface area contributed by atoms with Gasteiger partial charge in [0.1, 0.15) is 17.5 Å². The fourth-order valence-electron chi connectivity index (χ4n) is 1.22. The van der Waals surface area contributed by atoms with E-state index in [0.717, 1.165) is 0 Å². The molecule has 0 saturated heterocycles. The van der Waals surface area contributed by atoms with Crippen molar-refractivity contribution in [3.8, 4) is 6.07 Å². The fraction of sp³-hybridized carbons (Fsp3) is 0.556. The monoisotopic (exact) mass is 209 g/mol. The van der Waals surface area contributed by atoms with Crippen LogP contribution in [0, 0.1) is 11.3 Å². The number of nitrogen functional groups attached to an aromatic ring is 1. The molecular weight excluding hydrogens is 194 g/mol. The smallest absolute Gasteiger partial charge is 0.168 e. The molecule has 0 spiro atoms. The van der Waals surface area contributed by atoms with Crippen LogP contribution < -0.4 is 11.1 Å². The standard InChI is InChI=1S/C9H15N5O/c1-6(2)12-9-7(5-10)8(11)14(13-9)3-4-15/h6,15H,3-4,11H2,1-2H3,(H,12,13). The van der Waals surface area contributed by atoms with Gasteiger partial charge in [0.15, 0.2) is 5.82 Å². The lowest BCUT2D eigenvalue weighted by molar-refractivity contribution is 0.270. The van der Waals surface area contributed by atoms with Gasteiger partial charge >= 0.3 is 0 Å². The number of hydrogen-bond donors (Lipinski definition) is 3. The average Bonchev–Trinajstić information content (AvgIpc) is 2.43. The van der Waals surface area contributed by atoms with E-state index in [1.54, 1.807) is 0 Å². The minimum Gasteiger partial charge on any atom is -0.394 e. The second-order valence-corrected chi connectivity index (χ2v) is 3.47. The highest BCUT2D eigenvalue weighted by molar-refractivity contribution is 5.63. The van der Waals surface area contributed by atoms with Gasteiger partial charge < -0.3 is 16.2 Å². The summed E-state index contributed by atoms with van der Waals surface area (Å²) in [5, 5.41) is 24.8. The molecule has 0 radical (unpaired) electrons. The topological polar surface area (TPSA) is 99.9 Å². The van der Waals surface area contributed by atoms with Crippen molar-refractivity contribution in [2.45, 2.75) is 26.4 Å². The molecule has 6 nitrogen and oxygen atoms in total. The lowest BCUT2D eigenvalue weighted by Crippen LogP contribution is -2.12. The van der Waals surface area contributed by atoms with Crippen molar-refractivity contribution in [2.24, 2.45) is 0 Å². The zero-order valence-electron chi connectivity index (χ0n) is 8.86. The van der Waals surface area contributed by atoms with E-state index in [-0.39, 0.29) is 18.5 Å². The van der Waals surface area contributed by atoms with E-state index in [9.17, 15) is 0 Å². The van der Waals surface area contributed by atoms with Gasteiger partial charge in [-0.2, -0.15) is 10.4 Å². The summed E-state index contributed by atoms with van der Waals surface area (Å²) in [7, 11) is 0. The number of aromatic nitrogens is 2. The first-order valence-corrected chi connectivity index (χ1v) is 4.74. The summed E-state index contributed by atoms with van der Waals surface area (Å²) in [6.07, 6.45) is 0. The van der Waals surface area contributed by atoms with Crippen LogP contribution in [-0.4, -0.2) is 27.5 Å². The predicted octanol–water partition coefficient (Wildman–Crippen LogP) is 0.150. The molecule has 0 atom stereocenters. The molecule has 0 fully saturated rings. The second kappa shape index (κ2) is 4.66. The molecule has 1 aromatic rings. The number of aliphatic hydroxyl groups excluding tert-OH is 1. The molecule has 0 aliphatic carbocycles. The highest BCUT2D eigenvalue weighted by Crippen LogP contribution is 2.20. The molecule has 0 unspecified atom stereocenters. The molecule has 0 aliphatic heterocycles. The first-order chi connectivity index (χ1) is 7.10. The van der Waals surface area contributed by atoms with Crippen LogP contribution in [0.4, 0.5) is 11.6 Å². The molecule has 0 aromatic carbocycles. The van der Waals surface area contributed by atoms with Crippen molar-refractivity contribution >= 4 is 11.6 Å². The van der Waals surface area contributed by atoms with E-state index in [1.165, 1.54) is 4.68 Å². The summed E-state index contributed by atoms with van der Waals surface area (Å²) in [4.78, 5) is 0. The first-order valence-electron chi connectivity index (χ1n) is 4.74. The number of aliphatic hydroxyl groups is 1. The van der Waals surface area contributed by atoms with Crippen molar-refractivity contribution in [2.75, 3.05) is 17.7 Å². The Morgan fingerprint density at radius 1 is 1.67 bits per heavy atom. The lowest BCUT2D eigenvalue weighted by atomic mass is 10.3. The van der Waals surface area contributed by atoms with Crippen LogP contribution in [0.1, 0.15) is 19.4 Å². The minimum absolute atomic E-state index is 0.0577. The van der Waals surface area contributed by atoms with Crippen molar-refractivity contribution < 1.29 is 5.11 Å². The molecule has 0 saturated carbocycles. The summed E-state index contributed by atoms with van der Waals surface area (Å²) < 4.78 is 1.42. The minimum atomic E-state index is -0.0577. The van der Waals surface area contributed by atoms with E-state index >= 15 is 0 Å². The van der Waals surface area contributed by atoms with Crippen LogP contribution in [0.25, 0.3) is 0 Å². The molecule has 0 bridgehead atoms. The number of nitrogens with one attached hydrogen (secondary N) is 1. The third-order valence-electron chi connectivity index (χ3n) is 1.84. The Bertz CT molecular complexity index is 377. The molecule has 82 valence electrons. The summed E-state index contributed by atoms with van der Waals surface area (Å²) in [6.45, 7) is 4.13. The van der Waals surface area contributed by atoms with Crippen molar-refractivity contribution in [1.29, 1.82) is 5.26 Å². The number of hydrogen-bond acceptors (Lipinski definition) is 5. The summed E-state index contributed by atoms with van der Waals surface area (Å²) in [6, 6.07) is 2.17. The van der Waals surface area contributed by atoms with E-state index in [2.05, 4.69) is 10.4 Å². The van der Waals surface area contributed by atoms with Crippen LogP contribution in [0.5, 0.6) is 0 Å². The van der Waals surface area contributed by atoms with Gasteiger partial charge in [0.25, 0.3) is 0 Å². The van der Waals surface area contributed by atoms with Gasteiger partial charge in [-0.25, -0.2) is 4.68 Å². The zero-order chi connectivity index (χ0) is 11.4. The van der Waals surface area contributed by atoms with Gasteiger partial charge in [-0.05, 0) is 13.8 Å². The summed E-state index contributed by atoms with van der Waals surface area (Å²) in [5.74, 6) is 0.758. The third kappa shape index (κ3) is 2.39. The predicted molar refractivity (Wildman–Crippen MR) is 57.2 cm³/mol. The Balaban J connectivity index is 3.05. The van der Waals surface area contributed by atoms with Crippen molar-refractivity contribution in [3.63, 3.8) is 0 Å². The van der Waals surface area contributed by atoms with Crippen LogP contribution in [0.2, 0.25) is 0 Å². The van der Waals surface area contributed by atoms with Crippen LogP contribution >= 0.6 is 0 Å². The van der Waals surface area contributed by atoms with E-state index in [1.807, 2.05) is 19.9 Å². The van der Waals surface area contributed by atoms with Gasteiger partial charge in [0.05, 0.1) is 13.2 Å². The largest absolute Gasteiger partial charge is 0.394 e. The Labute approximate surface area is 88.3 Å². The quantitative estimate of drug-likeness (QED) is 0.655. The average molecular weight is 209 g/mol. The van der Waals surface area contributed by atoms with Gasteiger partial charge in [0, 0.05) is 6.04 Å². The Kier molecular flexibility index (Phi) is 3.52. The van der Waals surface area contributed by atoms with Crippen LogP contribution in [-0.2, 0) is 6.54 Å². The van der Waals surface area contributed by atoms with Crippen molar-refractivity contribution in [1.82, 2.24) is 9.78 Å². The van der Waals surface area contributed by atoms with Crippen LogP contribution in [0.3, 0.4) is 0 Å². The molecule has 1 heterocycles. The molecule has 0 aliphatic rings. The summed E-state index contributed by atoms with van der Waals surface area (Å²) in [5.41, 5.74) is 6.03.